The molecule has 1 rings (SSSR count). The maximum Gasteiger partial charge on any atom is 0.308 e. The molecule has 18 heavy (non-hydrogen) atoms. The number of rotatable bonds is 5. The molecule has 0 aliphatic carbocycles. The summed E-state index contributed by atoms with van der Waals surface area (Å²) in [5.41, 5.74) is 0.475. The normalized spacial score (nSPS) is 11.3. The maximum absolute atomic E-state index is 11.4. The molecule has 3 nitrogen and oxygen atoms in total. The highest BCUT2D eigenvalue weighted by Crippen LogP contribution is 2.15. The van der Waals surface area contributed by atoms with Crippen LogP contribution in [0.5, 0.6) is 0 Å². The molecule has 0 saturated carbocycles. The van der Waals surface area contributed by atoms with Gasteiger partial charge in [0.2, 0.25) is 0 Å². The van der Waals surface area contributed by atoms with Crippen molar-refractivity contribution >= 4 is 17.6 Å². The van der Waals surface area contributed by atoms with E-state index >= 15 is 0 Å². The summed E-state index contributed by atoms with van der Waals surface area (Å²) >= 11 is 5.98. The van der Waals surface area contributed by atoms with Crippen LogP contribution in [0.25, 0.3) is 0 Å². The highest BCUT2D eigenvalue weighted by molar-refractivity contribution is 6.31. The lowest BCUT2D eigenvalue weighted by atomic mass is 10.2. The second-order valence-corrected chi connectivity index (χ2v) is 5.39. The molecule has 0 unspecified atom stereocenters. The minimum atomic E-state index is -0.445. The molecule has 0 aromatic heterocycles. The largest absolute Gasteiger partial charge is 0.460 e. The summed E-state index contributed by atoms with van der Waals surface area (Å²) in [4.78, 5) is 11.4. The fraction of sp³-hybridized carbons (Fsp3) is 0.500. The summed E-state index contributed by atoms with van der Waals surface area (Å²) in [5, 5.41) is 0.676. The Kier molecular flexibility index (Phi) is 5.63. The lowest BCUT2D eigenvalue weighted by Crippen LogP contribution is -2.24. The van der Waals surface area contributed by atoms with E-state index in [1.54, 1.807) is 0 Å². The van der Waals surface area contributed by atoms with E-state index in [2.05, 4.69) is 0 Å². The summed E-state index contributed by atoms with van der Waals surface area (Å²) in [6.07, 6.45) is 0.252. The molecule has 1 aromatic rings. The summed E-state index contributed by atoms with van der Waals surface area (Å²) in [6.45, 7) is 6.27. The first kappa shape index (κ1) is 15.0. The number of hydrogen-bond acceptors (Lipinski definition) is 3. The molecule has 100 valence electrons. The molecule has 0 spiro atoms. The molecule has 0 aliphatic heterocycles. The van der Waals surface area contributed by atoms with Crippen LogP contribution in [0.2, 0.25) is 5.02 Å². The van der Waals surface area contributed by atoms with E-state index in [1.165, 1.54) is 0 Å². The van der Waals surface area contributed by atoms with Crippen molar-refractivity contribution in [2.45, 2.75) is 39.4 Å². The molecule has 0 N–H and O–H groups in total. The summed E-state index contributed by atoms with van der Waals surface area (Å²) in [5.74, 6) is -0.248. The van der Waals surface area contributed by atoms with Crippen LogP contribution in [-0.2, 0) is 20.9 Å². The fourth-order valence-electron chi connectivity index (χ4n) is 1.35. The van der Waals surface area contributed by atoms with E-state index in [9.17, 15) is 4.79 Å². The van der Waals surface area contributed by atoms with Crippen molar-refractivity contribution in [1.29, 1.82) is 0 Å². The first-order valence-corrected chi connectivity index (χ1v) is 6.29. The first-order chi connectivity index (χ1) is 8.38. The van der Waals surface area contributed by atoms with Crippen molar-refractivity contribution in [2.75, 3.05) is 6.61 Å². The Balaban J connectivity index is 2.23. The quantitative estimate of drug-likeness (QED) is 0.606. The van der Waals surface area contributed by atoms with Gasteiger partial charge in [0.15, 0.2) is 0 Å². The third kappa shape index (κ3) is 6.03. The Labute approximate surface area is 113 Å². The van der Waals surface area contributed by atoms with Gasteiger partial charge in [-0.05, 0) is 32.4 Å². The van der Waals surface area contributed by atoms with Gasteiger partial charge in [-0.1, -0.05) is 29.8 Å². The van der Waals surface area contributed by atoms with E-state index in [0.717, 1.165) is 5.56 Å². The molecule has 0 amide bonds. The minimum absolute atomic E-state index is 0.248. The van der Waals surface area contributed by atoms with E-state index < -0.39 is 5.60 Å². The van der Waals surface area contributed by atoms with E-state index in [4.69, 9.17) is 21.1 Å². The summed E-state index contributed by atoms with van der Waals surface area (Å²) in [7, 11) is 0. The van der Waals surface area contributed by atoms with Gasteiger partial charge >= 0.3 is 5.97 Å². The topological polar surface area (TPSA) is 35.5 Å². The number of carbonyl (C=O) groups is 1. The van der Waals surface area contributed by atoms with Crippen molar-refractivity contribution in [3.63, 3.8) is 0 Å². The lowest BCUT2D eigenvalue weighted by Gasteiger charge is -2.19. The predicted octanol–water partition coefficient (Wildman–Crippen LogP) is 3.59. The summed E-state index contributed by atoms with van der Waals surface area (Å²) in [6, 6.07) is 7.48. The molecule has 0 radical (unpaired) electrons. The molecule has 0 heterocycles. The van der Waals surface area contributed by atoms with Gasteiger partial charge in [-0.2, -0.15) is 0 Å². The minimum Gasteiger partial charge on any atom is -0.460 e. The van der Waals surface area contributed by atoms with Crippen molar-refractivity contribution < 1.29 is 14.3 Å². The Bertz CT molecular complexity index is 396. The Hall–Kier alpha value is -1.06. The first-order valence-electron chi connectivity index (χ1n) is 5.91. The van der Waals surface area contributed by atoms with E-state index in [-0.39, 0.29) is 12.4 Å². The number of halogens is 1. The van der Waals surface area contributed by atoms with Gasteiger partial charge in [0.05, 0.1) is 19.6 Å². The third-order valence-corrected chi connectivity index (χ3v) is 2.45. The zero-order valence-electron chi connectivity index (χ0n) is 11.0. The average Bonchev–Trinajstić information content (AvgIpc) is 2.24. The molecule has 0 atom stereocenters. The number of esters is 1. The standard InChI is InChI=1S/C14H19ClO3/c1-14(2,3)18-13(16)8-9-17-10-11-6-4-5-7-12(11)15/h4-7H,8-10H2,1-3H3. The lowest BCUT2D eigenvalue weighted by molar-refractivity contribution is -0.156. The molecular formula is C14H19ClO3. The van der Waals surface area contributed by atoms with Crippen molar-refractivity contribution in [1.82, 2.24) is 0 Å². The predicted molar refractivity (Wildman–Crippen MR) is 71.6 cm³/mol. The van der Waals surface area contributed by atoms with Crippen LogP contribution in [0, 0.1) is 0 Å². The monoisotopic (exact) mass is 270 g/mol. The highest BCUT2D eigenvalue weighted by Gasteiger charge is 2.15. The molecule has 0 fully saturated rings. The SMILES string of the molecule is CC(C)(C)OC(=O)CCOCc1ccccc1Cl. The zero-order valence-corrected chi connectivity index (χ0v) is 11.8. The van der Waals surface area contributed by atoms with Crippen molar-refractivity contribution in [3.05, 3.63) is 34.9 Å². The smallest absolute Gasteiger partial charge is 0.308 e. The Morgan fingerprint density at radius 2 is 1.94 bits per heavy atom. The van der Waals surface area contributed by atoms with Gasteiger partial charge in [-0.15, -0.1) is 0 Å². The van der Waals surface area contributed by atoms with Gasteiger partial charge in [-0.25, -0.2) is 0 Å². The van der Waals surface area contributed by atoms with Crippen LogP contribution >= 0.6 is 11.6 Å². The third-order valence-electron chi connectivity index (χ3n) is 2.09. The number of ether oxygens (including phenoxy) is 2. The molecular weight excluding hydrogens is 252 g/mol. The van der Waals surface area contributed by atoms with E-state index in [1.807, 2.05) is 45.0 Å². The molecule has 4 heteroatoms. The summed E-state index contributed by atoms with van der Waals surface area (Å²) < 4.78 is 10.6. The second-order valence-electron chi connectivity index (χ2n) is 4.98. The second kappa shape index (κ2) is 6.76. The van der Waals surface area contributed by atoms with Crippen LogP contribution in [0.15, 0.2) is 24.3 Å². The van der Waals surface area contributed by atoms with Crippen LogP contribution < -0.4 is 0 Å². The Morgan fingerprint density at radius 3 is 2.56 bits per heavy atom. The number of carbonyl (C=O) groups excluding carboxylic acids is 1. The molecule has 1 aromatic carbocycles. The number of hydrogen-bond donors (Lipinski definition) is 0. The van der Waals surface area contributed by atoms with Crippen molar-refractivity contribution in [3.8, 4) is 0 Å². The number of benzene rings is 1. The van der Waals surface area contributed by atoms with Crippen molar-refractivity contribution in [2.24, 2.45) is 0 Å². The maximum atomic E-state index is 11.4. The Morgan fingerprint density at radius 1 is 1.28 bits per heavy atom. The van der Waals surface area contributed by atoms with Crippen LogP contribution in [0.4, 0.5) is 0 Å². The van der Waals surface area contributed by atoms with Gasteiger partial charge in [0, 0.05) is 5.02 Å². The van der Waals surface area contributed by atoms with Crippen LogP contribution in [-0.4, -0.2) is 18.2 Å². The zero-order chi connectivity index (χ0) is 13.6. The van der Waals surface area contributed by atoms with Gasteiger partial charge < -0.3 is 9.47 Å². The van der Waals surface area contributed by atoms with E-state index in [0.29, 0.717) is 18.2 Å². The fourth-order valence-corrected chi connectivity index (χ4v) is 1.54. The van der Waals surface area contributed by atoms with Crippen LogP contribution in [0.3, 0.4) is 0 Å². The van der Waals surface area contributed by atoms with Gasteiger partial charge in [0.1, 0.15) is 5.60 Å². The molecule has 0 saturated heterocycles. The average molecular weight is 271 g/mol. The van der Waals surface area contributed by atoms with Crippen LogP contribution in [0.1, 0.15) is 32.8 Å². The van der Waals surface area contributed by atoms with Gasteiger partial charge in [0.25, 0.3) is 0 Å². The highest BCUT2D eigenvalue weighted by atomic mass is 35.5. The van der Waals surface area contributed by atoms with Gasteiger partial charge in [-0.3, -0.25) is 4.79 Å². The molecule has 0 aliphatic rings. The molecule has 0 bridgehead atoms.